The fraction of sp³-hybridized carbons (Fsp3) is 0.263. The number of nitrogens with zero attached hydrogens (tertiary/aromatic N) is 1. The maximum atomic E-state index is 13.6. The molecule has 2 aromatic rings. The van der Waals surface area contributed by atoms with E-state index in [4.69, 9.17) is 9.62 Å². The third kappa shape index (κ3) is 5.39. The monoisotopic (exact) mass is 420 g/mol. The van der Waals surface area contributed by atoms with Crippen molar-refractivity contribution < 1.29 is 32.8 Å². The Kier molecular flexibility index (Phi) is 7.22. The van der Waals surface area contributed by atoms with Crippen molar-refractivity contribution in [3.63, 3.8) is 0 Å². The highest BCUT2D eigenvalue weighted by atomic mass is 19.3. The Morgan fingerprint density at radius 2 is 1.87 bits per heavy atom. The summed E-state index contributed by atoms with van der Waals surface area (Å²) in [5, 5.41) is 13.0. The first-order chi connectivity index (χ1) is 14.2. The molecular weight excluding hydrogens is 402 g/mol. The number of amides is 3. The molecule has 3 amide bonds. The Labute approximate surface area is 169 Å². The quantitative estimate of drug-likeness (QED) is 0.311. The molecule has 0 saturated carbocycles. The van der Waals surface area contributed by atoms with Crippen molar-refractivity contribution in [1.29, 1.82) is 0 Å². The van der Waals surface area contributed by atoms with Crippen molar-refractivity contribution in [3.8, 4) is 11.8 Å². The maximum absolute atomic E-state index is 13.6. The van der Waals surface area contributed by atoms with Gasteiger partial charge in [-0.1, -0.05) is 5.92 Å². The molecule has 0 fully saturated rings. The lowest BCUT2D eigenvalue weighted by Crippen LogP contribution is -2.68. The number of nitrogens with one attached hydrogen (secondary N) is 3. The molecule has 0 aliphatic rings. The molecule has 11 heteroatoms. The van der Waals surface area contributed by atoms with Crippen LogP contribution in [0.1, 0.15) is 35.5 Å². The van der Waals surface area contributed by atoms with Gasteiger partial charge in [0.15, 0.2) is 12.2 Å². The molecule has 1 aromatic carbocycles. The molecule has 158 valence electrons. The van der Waals surface area contributed by atoms with E-state index < -0.39 is 35.7 Å². The summed E-state index contributed by atoms with van der Waals surface area (Å²) in [4.78, 5) is 39.5. The van der Waals surface area contributed by atoms with E-state index in [2.05, 4.69) is 22.1 Å². The van der Waals surface area contributed by atoms with E-state index in [0.717, 1.165) is 13.8 Å². The van der Waals surface area contributed by atoms with E-state index >= 15 is 0 Å². The summed E-state index contributed by atoms with van der Waals surface area (Å²) < 4.78 is 32.3. The van der Waals surface area contributed by atoms with Crippen molar-refractivity contribution in [1.82, 2.24) is 21.1 Å². The lowest BCUT2D eigenvalue weighted by atomic mass is 9.91. The smallest absolute Gasteiger partial charge is 0.268 e. The first kappa shape index (κ1) is 22.5. The molecule has 1 aromatic heterocycles. The Hall–Kier alpha value is -3.78. The molecule has 9 nitrogen and oxygen atoms in total. The number of hydroxylamine groups is 1. The predicted molar refractivity (Wildman–Crippen MR) is 98.3 cm³/mol. The summed E-state index contributed by atoms with van der Waals surface area (Å²) in [7, 11) is 0. The van der Waals surface area contributed by atoms with E-state index in [-0.39, 0.29) is 5.56 Å². The maximum Gasteiger partial charge on any atom is 0.268 e. The molecule has 0 bridgehead atoms. The van der Waals surface area contributed by atoms with Gasteiger partial charge < -0.3 is 15.1 Å². The fourth-order valence-electron chi connectivity index (χ4n) is 2.51. The first-order valence-electron chi connectivity index (χ1n) is 8.49. The molecule has 0 spiro atoms. The van der Waals surface area contributed by atoms with Crippen LogP contribution in [-0.4, -0.2) is 45.9 Å². The second kappa shape index (κ2) is 9.62. The average molecular weight is 420 g/mol. The number of hydrogen-bond donors (Lipinski definition) is 4. The van der Waals surface area contributed by atoms with Gasteiger partial charge in [-0.3, -0.25) is 19.6 Å². The van der Waals surface area contributed by atoms with E-state index in [1.165, 1.54) is 42.3 Å². The summed E-state index contributed by atoms with van der Waals surface area (Å²) in [5.41, 5.74) is -0.683. The van der Waals surface area contributed by atoms with Crippen LogP contribution in [0, 0.1) is 11.8 Å². The lowest BCUT2D eigenvalue weighted by Gasteiger charge is -2.36. The number of alkyl halides is 2. The zero-order valence-electron chi connectivity index (χ0n) is 15.9. The summed E-state index contributed by atoms with van der Waals surface area (Å²) in [6, 6.07) is 3.76. The van der Waals surface area contributed by atoms with Crippen LogP contribution in [-0.2, 0) is 9.59 Å². The van der Waals surface area contributed by atoms with E-state index in [1.54, 1.807) is 0 Å². The summed E-state index contributed by atoms with van der Waals surface area (Å²) >= 11 is 0. The second-order valence-corrected chi connectivity index (χ2v) is 6.34. The summed E-state index contributed by atoms with van der Waals surface area (Å²) in [6.07, 6.45) is -0.585. The SMILES string of the molecule is CC(=O)NC(C)(C(F)F)[C@H](NC(=O)c1ccc(C#Cc2cnco2)cc1)C(=O)NO. The number of hydrogen-bond acceptors (Lipinski definition) is 6. The number of carbonyl (C=O) groups is 3. The van der Waals surface area contributed by atoms with Crippen LogP contribution in [0.2, 0.25) is 0 Å². The molecule has 2 atom stereocenters. The molecule has 0 aliphatic carbocycles. The molecule has 2 rings (SSSR count). The van der Waals surface area contributed by atoms with Gasteiger partial charge in [0.25, 0.3) is 18.2 Å². The number of aromatic nitrogens is 1. The van der Waals surface area contributed by atoms with Gasteiger partial charge in [-0.05, 0) is 37.1 Å². The van der Waals surface area contributed by atoms with Gasteiger partial charge in [-0.2, -0.15) is 0 Å². The van der Waals surface area contributed by atoms with Crippen LogP contribution < -0.4 is 16.1 Å². The van der Waals surface area contributed by atoms with Crippen LogP contribution in [0.5, 0.6) is 0 Å². The largest absolute Gasteiger partial charge is 0.435 e. The fourth-order valence-corrected chi connectivity index (χ4v) is 2.51. The average Bonchev–Trinajstić information content (AvgIpc) is 3.23. The van der Waals surface area contributed by atoms with E-state index in [1.807, 2.05) is 5.32 Å². The zero-order chi connectivity index (χ0) is 22.3. The minimum absolute atomic E-state index is 0.0374. The highest BCUT2D eigenvalue weighted by Gasteiger charge is 2.48. The van der Waals surface area contributed by atoms with Crippen LogP contribution in [0.4, 0.5) is 8.78 Å². The third-order valence-electron chi connectivity index (χ3n) is 4.06. The molecule has 1 unspecified atom stereocenters. The van der Waals surface area contributed by atoms with Crippen LogP contribution in [0.15, 0.2) is 41.3 Å². The Balaban J connectivity index is 2.22. The second-order valence-electron chi connectivity index (χ2n) is 6.34. The number of rotatable bonds is 6. The lowest BCUT2D eigenvalue weighted by molar-refractivity contribution is -0.137. The van der Waals surface area contributed by atoms with Crippen LogP contribution in [0.3, 0.4) is 0 Å². The molecule has 30 heavy (non-hydrogen) atoms. The Morgan fingerprint density at radius 1 is 1.20 bits per heavy atom. The standard InChI is InChI=1S/C19H18F2N4O5/c1-11(26)24-19(2,18(20)21)15(17(28)25-29)23-16(27)13-6-3-12(4-7-13)5-8-14-9-22-10-30-14/h3-4,6-7,9-10,15,18,29H,1-2H3,(H,23,27)(H,24,26)(H,25,28)/t15-,19?/m1/s1. The van der Waals surface area contributed by atoms with Gasteiger partial charge in [0, 0.05) is 18.1 Å². The Morgan fingerprint density at radius 3 is 2.37 bits per heavy atom. The van der Waals surface area contributed by atoms with E-state index in [9.17, 15) is 23.2 Å². The summed E-state index contributed by atoms with van der Waals surface area (Å²) in [5.74, 6) is 2.79. The number of oxazole rings is 1. The molecule has 0 saturated heterocycles. The van der Waals surface area contributed by atoms with Crippen molar-refractivity contribution >= 4 is 17.7 Å². The normalized spacial score (nSPS) is 13.4. The minimum Gasteiger partial charge on any atom is -0.435 e. The molecule has 1 heterocycles. The van der Waals surface area contributed by atoms with Crippen molar-refractivity contribution in [2.45, 2.75) is 31.9 Å². The van der Waals surface area contributed by atoms with Crippen molar-refractivity contribution in [3.05, 3.63) is 53.7 Å². The zero-order valence-corrected chi connectivity index (χ0v) is 15.9. The predicted octanol–water partition coefficient (Wildman–Crippen LogP) is 0.838. The van der Waals surface area contributed by atoms with Gasteiger partial charge in [0.2, 0.25) is 5.91 Å². The first-order valence-corrected chi connectivity index (χ1v) is 8.49. The third-order valence-corrected chi connectivity index (χ3v) is 4.06. The summed E-state index contributed by atoms with van der Waals surface area (Å²) in [6.45, 7) is 1.86. The van der Waals surface area contributed by atoms with Gasteiger partial charge in [-0.15, -0.1) is 0 Å². The van der Waals surface area contributed by atoms with Gasteiger partial charge >= 0.3 is 0 Å². The number of benzene rings is 1. The van der Waals surface area contributed by atoms with Crippen molar-refractivity contribution in [2.75, 3.05) is 0 Å². The molecule has 0 radical (unpaired) electrons. The highest BCUT2D eigenvalue weighted by molar-refractivity contribution is 5.98. The van der Waals surface area contributed by atoms with Crippen LogP contribution in [0.25, 0.3) is 0 Å². The Bertz CT molecular complexity index is 967. The highest BCUT2D eigenvalue weighted by Crippen LogP contribution is 2.21. The molecular formula is C19H18F2N4O5. The van der Waals surface area contributed by atoms with Gasteiger partial charge in [0.05, 0.1) is 6.20 Å². The minimum atomic E-state index is -3.24. The van der Waals surface area contributed by atoms with Gasteiger partial charge in [-0.25, -0.2) is 19.2 Å². The number of carbonyl (C=O) groups excluding carboxylic acids is 3. The van der Waals surface area contributed by atoms with Crippen LogP contribution >= 0.6 is 0 Å². The van der Waals surface area contributed by atoms with E-state index in [0.29, 0.717) is 11.3 Å². The number of halogens is 2. The topological polar surface area (TPSA) is 134 Å². The molecule has 4 N–H and O–H groups in total. The molecule has 0 aliphatic heterocycles. The van der Waals surface area contributed by atoms with Crippen molar-refractivity contribution in [2.24, 2.45) is 0 Å². The van der Waals surface area contributed by atoms with Gasteiger partial charge in [0.1, 0.15) is 11.6 Å².